The summed E-state index contributed by atoms with van der Waals surface area (Å²) >= 11 is 0. The van der Waals surface area contributed by atoms with Crippen LogP contribution in [0.15, 0.2) is 24.3 Å². The van der Waals surface area contributed by atoms with E-state index in [0.717, 1.165) is 0 Å². The highest BCUT2D eigenvalue weighted by Crippen LogP contribution is 2.64. The van der Waals surface area contributed by atoms with Crippen molar-refractivity contribution in [3.63, 3.8) is 0 Å². The maximum atomic E-state index is 11.6. The lowest BCUT2D eigenvalue weighted by Crippen LogP contribution is -2.07. The Hall–Kier alpha value is -1.31. The average molecular weight is 218 g/mol. The second kappa shape index (κ2) is 3.62. The van der Waals surface area contributed by atoms with Gasteiger partial charge in [-0.15, -0.1) is 0 Å². The van der Waals surface area contributed by atoms with Gasteiger partial charge >= 0.3 is 5.97 Å². The molecule has 86 valence electrons. The van der Waals surface area contributed by atoms with Gasteiger partial charge in [0.1, 0.15) is 0 Å². The van der Waals surface area contributed by atoms with Crippen LogP contribution in [0.1, 0.15) is 30.9 Å². The fourth-order valence-corrected chi connectivity index (χ4v) is 2.60. The lowest BCUT2D eigenvalue weighted by molar-refractivity contribution is -0.143. The van der Waals surface area contributed by atoms with E-state index in [-0.39, 0.29) is 17.3 Å². The van der Waals surface area contributed by atoms with Crippen molar-refractivity contribution in [2.24, 2.45) is 11.3 Å². The second-order valence-electron chi connectivity index (χ2n) is 5.21. The summed E-state index contributed by atoms with van der Waals surface area (Å²) in [5.74, 6) is 0.233. The predicted octanol–water partition coefficient (Wildman–Crippen LogP) is 2.91. The molecule has 2 unspecified atom stereocenters. The first-order chi connectivity index (χ1) is 7.48. The number of carbonyl (C=O) groups is 1. The van der Waals surface area contributed by atoms with Crippen LogP contribution in [0.25, 0.3) is 0 Å². The molecule has 0 aliphatic heterocycles. The van der Waals surface area contributed by atoms with Crippen molar-refractivity contribution >= 4 is 5.97 Å². The highest BCUT2D eigenvalue weighted by Gasteiger charge is 2.62. The summed E-state index contributed by atoms with van der Waals surface area (Å²) in [6.45, 7) is 6.32. The van der Waals surface area contributed by atoms with Gasteiger partial charge in [-0.1, -0.05) is 43.7 Å². The minimum atomic E-state index is -0.0874. The third-order valence-electron chi connectivity index (χ3n) is 3.72. The average Bonchev–Trinajstić information content (AvgIpc) is 2.82. The van der Waals surface area contributed by atoms with E-state index in [4.69, 9.17) is 4.74 Å². The number of ether oxygens (including phenoxy) is 1. The summed E-state index contributed by atoms with van der Waals surface area (Å²) in [5, 5.41) is 0. The first kappa shape index (κ1) is 11.2. The summed E-state index contributed by atoms with van der Waals surface area (Å²) in [7, 11) is 1.46. The summed E-state index contributed by atoms with van der Waals surface area (Å²) in [6.07, 6.45) is 0. The van der Waals surface area contributed by atoms with E-state index in [1.54, 1.807) is 0 Å². The number of aryl methyl sites for hydroxylation is 1. The molecule has 2 atom stereocenters. The van der Waals surface area contributed by atoms with Crippen LogP contribution in [-0.2, 0) is 9.53 Å². The van der Waals surface area contributed by atoms with Crippen LogP contribution in [-0.4, -0.2) is 13.1 Å². The van der Waals surface area contributed by atoms with Gasteiger partial charge in [0, 0.05) is 5.92 Å². The summed E-state index contributed by atoms with van der Waals surface area (Å²) in [4.78, 5) is 11.6. The fraction of sp³-hybridized carbons (Fsp3) is 0.500. The first-order valence-corrected chi connectivity index (χ1v) is 5.63. The van der Waals surface area contributed by atoms with Crippen LogP contribution in [0.3, 0.4) is 0 Å². The zero-order chi connectivity index (χ0) is 11.9. The molecule has 0 aromatic heterocycles. The Kier molecular flexibility index (Phi) is 2.53. The smallest absolute Gasteiger partial charge is 0.309 e. The number of hydrogen-bond acceptors (Lipinski definition) is 2. The van der Waals surface area contributed by atoms with Gasteiger partial charge in [0.25, 0.3) is 0 Å². The molecule has 1 saturated carbocycles. The maximum absolute atomic E-state index is 11.6. The van der Waals surface area contributed by atoms with Gasteiger partial charge in [-0.2, -0.15) is 0 Å². The summed E-state index contributed by atoms with van der Waals surface area (Å²) < 4.78 is 4.85. The minimum absolute atomic E-state index is 0.0141. The molecule has 1 aliphatic carbocycles. The molecule has 16 heavy (non-hydrogen) atoms. The summed E-state index contributed by atoms with van der Waals surface area (Å²) in [6, 6.07) is 8.42. The molecule has 0 N–H and O–H groups in total. The van der Waals surface area contributed by atoms with Gasteiger partial charge in [-0.05, 0) is 17.9 Å². The van der Waals surface area contributed by atoms with Crippen molar-refractivity contribution in [2.75, 3.05) is 7.11 Å². The topological polar surface area (TPSA) is 26.3 Å². The number of hydrogen-bond donors (Lipinski definition) is 0. The van der Waals surface area contributed by atoms with Crippen molar-refractivity contribution in [1.29, 1.82) is 0 Å². The van der Waals surface area contributed by atoms with Gasteiger partial charge in [0.15, 0.2) is 0 Å². The van der Waals surface area contributed by atoms with Crippen LogP contribution in [0.5, 0.6) is 0 Å². The molecular formula is C14H18O2. The SMILES string of the molecule is COC(=O)C1C(c2ccc(C)cc2)C1(C)C. The normalized spacial score (nSPS) is 26.2. The molecule has 0 amide bonds. The maximum Gasteiger partial charge on any atom is 0.309 e. The molecule has 0 bridgehead atoms. The largest absolute Gasteiger partial charge is 0.469 e. The molecule has 2 heteroatoms. The molecule has 0 saturated heterocycles. The lowest BCUT2D eigenvalue weighted by atomic mass is 10.0. The van der Waals surface area contributed by atoms with E-state index in [1.165, 1.54) is 18.2 Å². The molecule has 1 fully saturated rings. The summed E-state index contributed by atoms with van der Waals surface area (Å²) in [5.41, 5.74) is 2.52. The van der Waals surface area contributed by atoms with Gasteiger partial charge in [-0.3, -0.25) is 4.79 Å². The van der Waals surface area contributed by atoms with Crippen molar-refractivity contribution < 1.29 is 9.53 Å². The van der Waals surface area contributed by atoms with Crippen molar-refractivity contribution in [1.82, 2.24) is 0 Å². The quantitative estimate of drug-likeness (QED) is 0.713. The van der Waals surface area contributed by atoms with Crippen LogP contribution >= 0.6 is 0 Å². The molecule has 1 aromatic carbocycles. The number of carbonyl (C=O) groups excluding carboxylic acids is 1. The van der Waals surface area contributed by atoms with Crippen LogP contribution in [0.4, 0.5) is 0 Å². The Bertz CT molecular complexity index is 403. The van der Waals surface area contributed by atoms with E-state index >= 15 is 0 Å². The van der Waals surface area contributed by atoms with Gasteiger partial charge in [0.05, 0.1) is 13.0 Å². The van der Waals surface area contributed by atoms with Gasteiger partial charge in [0.2, 0.25) is 0 Å². The van der Waals surface area contributed by atoms with Crippen molar-refractivity contribution in [2.45, 2.75) is 26.7 Å². The highest BCUT2D eigenvalue weighted by atomic mass is 16.5. The van der Waals surface area contributed by atoms with E-state index in [0.29, 0.717) is 5.92 Å². The molecule has 0 heterocycles. The van der Waals surface area contributed by atoms with Gasteiger partial charge < -0.3 is 4.74 Å². The Labute approximate surface area is 96.6 Å². The molecule has 0 spiro atoms. The van der Waals surface area contributed by atoms with Crippen molar-refractivity contribution in [3.8, 4) is 0 Å². The second-order valence-corrected chi connectivity index (χ2v) is 5.21. The fourth-order valence-electron chi connectivity index (χ4n) is 2.60. The number of esters is 1. The van der Waals surface area contributed by atoms with Crippen molar-refractivity contribution in [3.05, 3.63) is 35.4 Å². The third-order valence-corrected chi connectivity index (χ3v) is 3.72. The zero-order valence-corrected chi connectivity index (χ0v) is 10.3. The zero-order valence-electron chi connectivity index (χ0n) is 10.3. The van der Waals surface area contributed by atoms with E-state index in [9.17, 15) is 4.79 Å². The Balaban J connectivity index is 2.24. The van der Waals surface area contributed by atoms with Crippen LogP contribution in [0.2, 0.25) is 0 Å². The molecule has 1 aliphatic rings. The standard InChI is InChI=1S/C14H18O2/c1-9-5-7-10(8-6-9)11-12(13(15)16-4)14(11,2)3/h5-8,11-12H,1-4H3. The number of methoxy groups -OCH3 is 1. The monoisotopic (exact) mass is 218 g/mol. The number of benzene rings is 1. The molecule has 2 nitrogen and oxygen atoms in total. The molecule has 2 rings (SSSR count). The van der Waals surface area contributed by atoms with E-state index in [1.807, 2.05) is 0 Å². The first-order valence-electron chi connectivity index (χ1n) is 5.63. The Morgan fingerprint density at radius 3 is 2.31 bits per heavy atom. The molecular weight excluding hydrogens is 200 g/mol. The minimum Gasteiger partial charge on any atom is -0.469 e. The van der Waals surface area contributed by atoms with E-state index < -0.39 is 0 Å². The Morgan fingerprint density at radius 2 is 1.81 bits per heavy atom. The Morgan fingerprint density at radius 1 is 1.25 bits per heavy atom. The lowest BCUT2D eigenvalue weighted by Gasteiger charge is -2.02. The van der Waals surface area contributed by atoms with Gasteiger partial charge in [-0.25, -0.2) is 0 Å². The molecule has 1 aromatic rings. The third kappa shape index (κ3) is 1.62. The molecule has 0 radical (unpaired) electrons. The number of rotatable bonds is 2. The van der Waals surface area contributed by atoms with Crippen LogP contribution in [0, 0.1) is 18.3 Å². The van der Waals surface area contributed by atoms with Crippen LogP contribution < -0.4 is 0 Å². The predicted molar refractivity (Wildman–Crippen MR) is 63.2 cm³/mol. The highest BCUT2D eigenvalue weighted by molar-refractivity contribution is 5.79. The van der Waals surface area contributed by atoms with E-state index in [2.05, 4.69) is 45.0 Å².